The molecule has 0 spiro atoms. The molecule has 3 heterocycles. The Morgan fingerprint density at radius 2 is 2.20 bits per heavy atom. The first-order valence-electron chi connectivity index (χ1n) is 5.87. The Hall–Kier alpha value is -2.01. The molecule has 0 radical (unpaired) electrons. The molecule has 1 fully saturated rings. The SMILES string of the molecule is Nc1nc2ncn([C@@H]3O[C@@H](CO)[C@@H](O)[C@H]3O)c2c(=O)[nH]1. The number of aromatic amines is 1. The summed E-state index contributed by atoms with van der Waals surface area (Å²) in [6.45, 7) is -0.455. The minimum atomic E-state index is -1.30. The Morgan fingerprint density at radius 1 is 1.45 bits per heavy atom. The van der Waals surface area contributed by atoms with Crippen LogP contribution in [0.25, 0.3) is 11.2 Å². The molecule has 1 aliphatic heterocycles. The van der Waals surface area contributed by atoms with Crippen LogP contribution in [0.3, 0.4) is 0 Å². The smallest absolute Gasteiger partial charge is 0.278 e. The third-order valence-electron chi connectivity index (χ3n) is 3.25. The highest BCUT2D eigenvalue weighted by Gasteiger charge is 2.44. The van der Waals surface area contributed by atoms with E-state index >= 15 is 0 Å². The molecule has 10 nitrogen and oxygen atoms in total. The number of H-pyrrole nitrogens is 1. The van der Waals surface area contributed by atoms with Gasteiger partial charge in [0.05, 0.1) is 6.61 Å². The molecule has 0 amide bonds. The van der Waals surface area contributed by atoms with Crippen LogP contribution in [0.5, 0.6) is 0 Å². The predicted molar refractivity (Wildman–Crippen MR) is 65.6 cm³/mol. The molecule has 108 valence electrons. The first kappa shape index (κ1) is 13.0. The first-order valence-corrected chi connectivity index (χ1v) is 5.87. The van der Waals surface area contributed by atoms with E-state index in [0.29, 0.717) is 0 Å². The van der Waals surface area contributed by atoms with Crippen molar-refractivity contribution in [1.82, 2.24) is 19.5 Å². The zero-order valence-electron chi connectivity index (χ0n) is 10.2. The zero-order chi connectivity index (χ0) is 14.4. The second-order valence-corrected chi connectivity index (χ2v) is 4.50. The summed E-state index contributed by atoms with van der Waals surface area (Å²) < 4.78 is 6.59. The molecule has 1 saturated heterocycles. The van der Waals surface area contributed by atoms with Gasteiger partial charge in [0, 0.05) is 0 Å². The quantitative estimate of drug-likeness (QED) is 0.398. The minimum absolute atomic E-state index is 0.0639. The van der Waals surface area contributed by atoms with Crippen LogP contribution in [0.15, 0.2) is 11.1 Å². The third kappa shape index (κ3) is 1.78. The lowest BCUT2D eigenvalue weighted by Crippen LogP contribution is -2.33. The van der Waals surface area contributed by atoms with Crippen molar-refractivity contribution >= 4 is 17.1 Å². The van der Waals surface area contributed by atoms with E-state index in [9.17, 15) is 15.0 Å². The van der Waals surface area contributed by atoms with E-state index in [-0.39, 0.29) is 17.1 Å². The van der Waals surface area contributed by atoms with Crippen molar-refractivity contribution in [3.63, 3.8) is 0 Å². The largest absolute Gasteiger partial charge is 0.394 e. The van der Waals surface area contributed by atoms with Gasteiger partial charge in [-0.05, 0) is 0 Å². The first-order chi connectivity index (χ1) is 9.52. The van der Waals surface area contributed by atoms with Crippen molar-refractivity contribution in [2.75, 3.05) is 12.3 Å². The number of nitrogen functional groups attached to an aromatic ring is 1. The number of ether oxygens (including phenoxy) is 1. The van der Waals surface area contributed by atoms with E-state index in [4.69, 9.17) is 15.6 Å². The van der Waals surface area contributed by atoms with Crippen molar-refractivity contribution < 1.29 is 20.1 Å². The molecule has 2 aromatic heterocycles. The third-order valence-corrected chi connectivity index (χ3v) is 3.25. The average molecular weight is 283 g/mol. The van der Waals surface area contributed by atoms with Gasteiger partial charge in [-0.1, -0.05) is 0 Å². The molecular weight excluding hydrogens is 270 g/mol. The molecule has 4 atom stereocenters. The van der Waals surface area contributed by atoms with Gasteiger partial charge >= 0.3 is 0 Å². The van der Waals surface area contributed by atoms with Gasteiger partial charge in [-0.2, -0.15) is 4.98 Å². The highest BCUT2D eigenvalue weighted by molar-refractivity contribution is 5.70. The van der Waals surface area contributed by atoms with Crippen molar-refractivity contribution in [2.45, 2.75) is 24.5 Å². The highest BCUT2D eigenvalue weighted by Crippen LogP contribution is 2.30. The number of anilines is 1. The van der Waals surface area contributed by atoms with E-state index in [1.807, 2.05) is 0 Å². The van der Waals surface area contributed by atoms with Crippen molar-refractivity contribution in [3.8, 4) is 0 Å². The van der Waals surface area contributed by atoms with Gasteiger partial charge < -0.3 is 25.8 Å². The molecule has 0 aliphatic carbocycles. The van der Waals surface area contributed by atoms with Crippen LogP contribution in [-0.4, -0.2) is 59.8 Å². The number of imidazole rings is 1. The zero-order valence-corrected chi connectivity index (χ0v) is 10.2. The summed E-state index contributed by atoms with van der Waals surface area (Å²) in [6, 6.07) is 0. The Kier molecular flexibility index (Phi) is 2.94. The summed E-state index contributed by atoms with van der Waals surface area (Å²) in [5.74, 6) is -0.0751. The molecule has 0 unspecified atom stereocenters. The maximum Gasteiger partial charge on any atom is 0.278 e. The Labute approximate surface area is 111 Å². The van der Waals surface area contributed by atoms with E-state index in [1.54, 1.807) is 0 Å². The van der Waals surface area contributed by atoms with Crippen molar-refractivity contribution in [3.05, 3.63) is 16.7 Å². The van der Waals surface area contributed by atoms with E-state index in [2.05, 4.69) is 15.0 Å². The van der Waals surface area contributed by atoms with Crippen LogP contribution in [0.4, 0.5) is 5.95 Å². The molecule has 10 heteroatoms. The standard InChI is InChI=1S/C10H13N5O5/c11-10-13-7-4(8(19)14-10)15(2-12-7)9-6(18)5(17)3(1-16)20-9/h2-3,5-6,9,16-18H,1H2,(H3,11,13,14,19)/t3-,5+,6+,9+/m0/s1. The van der Waals surface area contributed by atoms with Crippen LogP contribution < -0.4 is 11.3 Å². The molecule has 1 aliphatic rings. The number of aliphatic hydroxyl groups excluding tert-OH is 3. The van der Waals surface area contributed by atoms with Crippen LogP contribution in [0, 0.1) is 0 Å². The van der Waals surface area contributed by atoms with E-state index < -0.39 is 36.7 Å². The normalized spacial score (nSPS) is 30.1. The van der Waals surface area contributed by atoms with Gasteiger partial charge in [-0.3, -0.25) is 14.3 Å². The van der Waals surface area contributed by atoms with E-state index in [1.165, 1.54) is 10.9 Å². The maximum atomic E-state index is 11.9. The molecule has 0 saturated carbocycles. The summed E-state index contributed by atoms with van der Waals surface area (Å²) in [5, 5.41) is 28.7. The topological polar surface area (TPSA) is 160 Å². The molecule has 2 aromatic rings. The molecule has 20 heavy (non-hydrogen) atoms. The molecule has 3 rings (SSSR count). The van der Waals surface area contributed by atoms with Crippen LogP contribution in [0.1, 0.15) is 6.23 Å². The summed E-state index contributed by atoms with van der Waals surface area (Å²) >= 11 is 0. The number of aromatic nitrogens is 4. The fourth-order valence-corrected chi connectivity index (χ4v) is 2.27. The van der Waals surface area contributed by atoms with Crippen LogP contribution >= 0.6 is 0 Å². The Morgan fingerprint density at radius 3 is 2.85 bits per heavy atom. The van der Waals surface area contributed by atoms with Crippen LogP contribution in [0.2, 0.25) is 0 Å². The van der Waals surface area contributed by atoms with E-state index in [0.717, 1.165) is 0 Å². The lowest BCUT2D eigenvalue weighted by Gasteiger charge is -2.16. The number of fused-ring (bicyclic) bond motifs is 1. The summed E-state index contributed by atoms with van der Waals surface area (Å²) in [7, 11) is 0. The Balaban J connectivity index is 2.10. The minimum Gasteiger partial charge on any atom is -0.394 e. The number of nitrogens with one attached hydrogen (secondary N) is 1. The summed E-state index contributed by atoms with van der Waals surface area (Å²) in [4.78, 5) is 22.0. The fraction of sp³-hybridized carbons (Fsp3) is 0.500. The molecule has 0 bridgehead atoms. The van der Waals surface area contributed by atoms with Crippen molar-refractivity contribution in [1.29, 1.82) is 0 Å². The lowest BCUT2D eigenvalue weighted by molar-refractivity contribution is -0.0509. The number of rotatable bonds is 2. The molecule has 6 N–H and O–H groups in total. The second kappa shape index (κ2) is 4.52. The van der Waals surface area contributed by atoms with Gasteiger partial charge in [0.15, 0.2) is 17.4 Å². The number of hydrogen-bond acceptors (Lipinski definition) is 8. The van der Waals surface area contributed by atoms with Gasteiger partial charge in [0.2, 0.25) is 5.95 Å². The van der Waals surface area contributed by atoms with Gasteiger partial charge in [0.1, 0.15) is 24.6 Å². The monoisotopic (exact) mass is 283 g/mol. The van der Waals surface area contributed by atoms with Gasteiger partial charge in [0.25, 0.3) is 5.56 Å². The Bertz CT molecular complexity index is 697. The number of aliphatic hydroxyl groups is 3. The molecular formula is C10H13N5O5. The van der Waals surface area contributed by atoms with Gasteiger partial charge in [-0.15, -0.1) is 0 Å². The highest BCUT2D eigenvalue weighted by atomic mass is 16.6. The molecule has 0 aromatic carbocycles. The number of hydrogen-bond donors (Lipinski definition) is 5. The predicted octanol–water partition coefficient (Wildman–Crippen LogP) is -2.69. The average Bonchev–Trinajstić information content (AvgIpc) is 2.93. The fourth-order valence-electron chi connectivity index (χ4n) is 2.27. The van der Waals surface area contributed by atoms with Crippen LogP contribution in [-0.2, 0) is 4.74 Å². The lowest BCUT2D eigenvalue weighted by atomic mass is 10.1. The van der Waals surface area contributed by atoms with Gasteiger partial charge in [-0.25, -0.2) is 4.98 Å². The maximum absolute atomic E-state index is 11.9. The summed E-state index contributed by atoms with van der Waals surface area (Å²) in [6.07, 6.45) is -3.29. The number of nitrogens with zero attached hydrogens (tertiary/aromatic N) is 3. The summed E-state index contributed by atoms with van der Waals surface area (Å²) in [5.41, 5.74) is 5.04. The number of nitrogens with two attached hydrogens (primary N) is 1. The van der Waals surface area contributed by atoms with Crippen molar-refractivity contribution in [2.24, 2.45) is 0 Å². The second-order valence-electron chi connectivity index (χ2n) is 4.50.